The third-order valence-electron chi connectivity index (χ3n) is 4.36. The number of anilines is 1. The molecule has 1 saturated heterocycles. The number of carbonyl (C=O) groups excluding carboxylic acids is 1. The average Bonchev–Trinajstić information content (AvgIpc) is 3.14. The first-order chi connectivity index (χ1) is 10.8. The first-order valence-electron chi connectivity index (χ1n) is 7.82. The van der Waals surface area contributed by atoms with Crippen molar-refractivity contribution < 1.29 is 4.79 Å². The largest absolute Gasteiger partial charge is 0.355 e. The van der Waals surface area contributed by atoms with Crippen molar-refractivity contribution in [3.63, 3.8) is 0 Å². The van der Waals surface area contributed by atoms with Crippen LogP contribution in [0.2, 0.25) is 0 Å². The summed E-state index contributed by atoms with van der Waals surface area (Å²) in [6.45, 7) is 2.57. The highest BCUT2D eigenvalue weighted by Gasteiger charge is 2.15. The lowest BCUT2D eigenvalue weighted by Crippen LogP contribution is -2.30. The van der Waals surface area contributed by atoms with Crippen LogP contribution in [0.25, 0.3) is 21.8 Å². The van der Waals surface area contributed by atoms with Gasteiger partial charge in [-0.05, 0) is 50.2 Å². The number of aromatic amines is 1. The van der Waals surface area contributed by atoms with Gasteiger partial charge in [-0.3, -0.25) is 9.69 Å². The summed E-state index contributed by atoms with van der Waals surface area (Å²) >= 11 is 0. The van der Waals surface area contributed by atoms with Crippen molar-refractivity contribution in [2.75, 3.05) is 25.0 Å². The Bertz CT molecular complexity index is 831. The van der Waals surface area contributed by atoms with Gasteiger partial charge in [-0.25, -0.2) is 0 Å². The van der Waals surface area contributed by atoms with E-state index in [1.165, 1.54) is 18.2 Å². The quantitative estimate of drug-likeness (QED) is 0.778. The van der Waals surface area contributed by atoms with Gasteiger partial charge < -0.3 is 10.3 Å². The number of fused-ring (bicyclic) bond motifs is 3. The number of H-pyrrole nitrogens is 1. The van der Waals surface area contributed by atoms with Crippen LogP contribution in [0.3, 0.4) is 0 Å². The van der Waals surface area contributed by atoms with E-state index in [0.717, 1.165) is 35.2 Å². The molecule has 112 valence electrons. The number of hydrogen-bond donors (Lipinski definition) is 2. The fourth-order valence-corrected chi connectivity index (χ4v) is 3.27. The van der Waals surface area contributed by atoms with Gasteiger partial charge in [-0.2, -0.15) is 0 Å². The van der Waals surface area contributed by atoms with Crippen LogP contribution < -0.4 is 5.32 Å². The van der Waals surface area contributed by atoms with Crippen molar-refractivity contribution >= 4 is 33.4 Å². The zero-order valence-corrected chi connectivity index (χ0v) is 12.4. The Hall–Kier alpha value is -2.33. The zero-order valence-electron chi connectivity index (χ0n) is 12.4. The lowest BCUT2D eigenvalue weighted by Gasteiger charge is -2.14. The Morgan fingerprint density at radius 2 is 1.82 bits per heavy atom. The molecule has 1 aliphatic heterocycles. The van der Waals surface area contributed by atoms with Crippen molar-refractivity contribution in [2.45, 2.75) is 12.8 Å². The van der Waals surface area contributed by atoms with E-state index in [1.807, 2.05) is 24.3 Å². The molecule has 22 heavy (non-hydrogen) atoms. The van der Waals surface area contributed by atoms with Crippen LogP contribution in [0.5, 0.6) is 0 Å². The van der Waals surface area contributed by atoms with E-state index in [2.05, 4.69) is 33.4 Å². The van der Waals surface area contributed by atoms with E-state index in [4.69, 9.17) is 0 Å². The molecule has 4 nitrogen and oxygen atoms in total. The molecule has 2 N–H and O–H groups in total. The number of amides is 1. The van der Waals surface area contributed by atoms with E-state index in [0.29, 0.717) is 6.54 Å². The van der Waals surface area contributed by atoms with Crippen LogP contribution in [0.15, 0.2) is 42.5 Å². The normalized spacial score (nSPS) is 15.6. The molecule has 0 radical (unpaired) electrons. The number of benzene rings is 2. The minimum Gasteiger partial charge on any atom is -0.355 e. The predicted molar refractivity (Wildman–Crippen MR) is 90.1 cm³/mol. The van der Waals surface area contributed by atoms with E-state index in [-0.39, 0.29) is 5.91 Å². The minimum absolute atomic E-state index is 0.0705. The molecule has 0 saturated carbocycles. The Balaban J connectivity index is 1.59. The van der Waals surface area contributed by atoms with Gasteiger partial charge in [0.25, 0.3) is 0 Å². The Kier molecular flexibility index (Phi) is 3.31. The molecule has 2 aromatic carbocycles. The van der Waals surface area contributed by atoms with Gasteiger partial charge in [0.15, 0.2) is 0 Å². The number of carbonyl (C=O) groups is 1. The summed E-state index contributed by atoms with van der Waals surface area (Å²) in [6, 6.07) is 14.3. The summed E-state index contributed by atoms with van der Waals surface area (Å²) in [5.41, 5.74) is 3.08. The van der Waals surface area contributed by atoms with Gasteiger partial charge in [0, 0.05) is 27.5 Å². The average molecular weight is 293 g/mol. The van der Waals surface area contributed by atoms with Crippen molar-refractivity contribution in [2.24, 2.45) is 0 Å². The van der Waals surface area contributed by atoms with Gasteiger partial charge in [0.05, 0.1) is 6.54 Å². The summed E-state index contributed by atoms with van der Waals surface area (Å²) < 4.78 is 0. The summed E-state index contributed by atoms with van der Waals surface area (Å²) in [5, 5.41) is 5.36. The van der Waals surface area contributed by atoms with E-state index in [9.17, 15) is 4.79 Å². The van der Waals surface area contributed by atoms with Crippen LogP contribution in [0, 0.1) is 0 Å². The minimum atomic E-state index is 0.0705. The Labute approximate surface area is 129 Å². The molecule has 3 aromatic rings. The third kappa shape index (κ3) is 2.46. The maximum Gasteiger partial charge on any atom is 0.238 e. The topological polar surface area (TPSA) is 48.1 Å². The van der Waals surface area contributed by atoms with E-state index in [1.54, 1.807) is 0 Å². The van der Waals surface area contributed by atoms with Crippen molar-refractivity contribution in [3.8, 4) is 0 Å². The smallest absolute Gasteiger partial charge is 0.238 e. The Morgan fingerprint density at radius 1 is 1.05 bits per heavy atom. The van der Waals surface area contributed by atoms with Gasteiger partial charge in [0.1, 0.15) is 0 Å². The monoisotopic (exact) mass is 293 g/mol. The molecule has 1 fully saturated rings. The molecule has 4 rings (SSSR count). The van der Waals surface area contributed by atoms with Gasteiger partial charge in [-0.1, -0.05) is 18.2 Å². The second-order valence-electron chi connectivity index (χ2n) is 5.96. The second kappa shape index (κ2) is 5.46. The van der Waals surface area contributed by atoms with Crippen LogP contribution in [0.4, 0.5) is 5.69 Å². The van der Waals surface area contributed by atoms with E-state index >= 15 is 0 Å². The maximum absolute atomic E-state index is 12.1. The molecule has 0 bridgehead atoms. The first-order valence-corrected chi connectivity index (χ1v) is 7.82. The highest BCUT2D eigenvalue weighted by molar-refractivity contribution is 6.09. The molecule has 1 amide bonds. The zero-order chi connectivity index (χ0) is 14.9. The number of rotatable bonds is 3. The summed E-state index contributed by atoms with van der Waals surface area (Å²) in [4.78, 5) is 17.7. The van der Waals surface area contributed by atoms with Gasteiger partial charge >= 0.3 is 0 Å². The number of aromatic nitrogens is 1. The molecule has 0 aliphatic carbocycles. The molecular formula is C18H19N3O. The van der Waals surface area contributed by atoms with Crippen LogP contribution in [-0.2, 0) is 4.79 Å². The third-order valence-corrected chi connectivity index (χ3v) is 4.36. The molecule has 1 aromatic heterocycles. The predicted octanol–water partition coefficient (Wildman–Crippen LogP) is 3.36. The molecule has 1 aliphatic rings. The number of para-hydroxylation sites is 1. The highest BCUT2D eigenvalue weighted by Crippen LogP contribution is 2.27. The fourth-order valence-electron chi connectivity index (χ4n) is 3.27. The SMILES string of the molecule is O=C(CN1CCCC1)Nc1ccc2[nH]c3ccccc3c2c1. The summed E-state index contributed by atoms with van der Waals surface area (Å²) in [5.74, 6) is 0.0705. The van der Waals surface area contributed by atoms with Crippen molar-refractivity contribution in [1.82, 2.24) is 9.88 Å². The molecule has 4 heteroatoms. The number of likely N-dealkylation sites (tertiary alicyclic amines) is 1. The van der Waals surface area contributed by atoms with Crippen molar-refractivity contribution in [1.29, 1.82) is 0 Å². The first kappa shape index (κ1) is 13.3. The molecule has 0 spiro atoms. The lowest BCUT2D eigenvalue weighted by atomic mass is 10.1. The number of nitrogens with zero attached hydrogens (tertiary/aromatic N) is 1. The number of hydrogen-bond acceptors (Lipinski definition) is 2. The highest BCUT2D eigenvalue weighted by atomic mass is 16.2. The van der Waals surface area contributed by atoms with Gasteiger partial charge in [0.2, 0.25) is 5.91 Å². The fraction of sp³-hybridized carbons (Fsp3) is 0.278. The Morgan fingerprint density at radius 3 is 2.68 bits per heavy atom. The number of nitrogens with one attached hydrogen (secondary N) is 2. The summed E-state index contributed by atoms with van der Waals surface area (Å²) in [7, 11) is 0. The van der Waals surface area contributed by atoms with Crippen molar-refractivity contribution in [3.05, 3.63) is 42.5 Å². The van der Waals surface area contributed by atoms with E-state index < -0.39 is 0 Å². The molecule has 0 atom stereocenters. The maximum atomic E-state index is 12.1. The van der Waals surface area contributed by atoms with Crippen LogP contribution in [-0.4, -0.2) is 35.4 Å². The van der Waals surface area contributed by atoms with Gasteiger partial charge in [-0.15, -0.1) is 0 Å². The lowest BCUT2D eigenvalue weighted by molar-refractivity contribution is -0.117. The molecule has 0 unspecified atom stereocenters. The standard InChI is InChI=1S/C18H19N3O/c22-18(12-21-9-3-4-10-21)19-13-7-8-17-15(11-13)14-5-1-2-6-16(14)20-17/h1-2,5-8,11,20H,3-4,9-10,12H2,(H,19,22). The second-order valence-corrected chi connectivity index (χ2v) is 5.96. The van der Waals surface area contributed by atoms with Crippen LogP contribution >= 0.6 is 0 Å². The molecular weight excluding hydrogens is 274 g/mol. The molecule has 2 heterocycles. The summed E-state index contributed by atoms with van der Waals surface area (Å²) in [6.07, 6.45) is 2.41. The van der Waals surface area contributed by atoms with Crippen LogP contribution in [0.1, 0.15) is 12.8 Å².